The molecule has 7 aromatic carbocycles. The summed E-state index contributed by atoms with van der Waals surface area (Å²) < 4.78 is 13.3. The van der Waals surface area contributed by atoms with Gasteiger partial charge in [-0.1, -0.05) is 111 Å². The van der Waals surface area contributed by atoms with Gasteiger partial charge in [-0.3, -0.25) is 0 Å². The highest BCUT2D eigenvalue weighted by Gasteiger charge is 2.44. The van der Waals surface area contributed by atoms with Gasteiger partial charge in [0.1, 0.15) is 23.0 Å². The van der Waals surface area contributed by atoms with E-state index < -0.39 is 0 Å². The van der Waals surface area contributed by atoms with Crippen LogP contribution in [-0.4, -0.2) is 6.71 Å². The molecule has 0 radical (unpaired) electrons. The predicted octanol–water partition coefficient (Wildman–Crippen LogP) is 9.86. The van der Waals surface area contributed by atoms with Gasteiger partial charge in [-0.25, -0.2) is 0 Å². The smallest absolute Gasteiger partial charge is 0.260 e. The van der Waals surface area contributed by atoms with Crippen LogP contribution in [0.2, 0.25) is 0 Å². The first-order chi connectivity index (χ1) is 24.0. The van der Waals surface area contributed by atoms with Crippen LogP contribution in [0, 0.1) is 0 Å². The van der Waals surface area contributed by atoms with Crippen molar-refractivity contribution in [3.05, 3.63) is 169 Å². The molecule has 3 aliphatic rings. The summed E-state index contributed by atoms with van der Waals surface area (Å²) in [4.78, 5) is 2.34. The van der Waals surface area contributed by atoms with E-state index in [-0.39, 0.29) is 12.1 Å². The molecule has 0 saturated carbocycles. The molecule has 7 aromatic rings. The van der Waals surface area contributed by atoms with E-state index in [4.69, 9.17) is 9.47 Å². The molecule has 0 N–H and O–H groups in total. The third-order valence-electron chi connectivity index (χ3n) is 10.6. The highest BCUT2D eigenvalue weighted by atomic mass is 16.5. The van der Waals surface area contributed by atoms with E-state index in [9.17, 15) is 0 Å². The number of nitrogens with zero attached hydrogens (tertiary/aromatic N) is 1. The monoisotopic (exact) mass is 629 g/mol. The number of hydrogen-bond donors (Lipinski definition) is 0. The van der Waals surface area contributed by atoms with Crippen molar-refractivity contribution in [3.63, 3.8) is 0 Å². The summed E-state index contributed by atoms with van der Waals surface area (Å²) in [6.07, 6.45) is 0. The van der Waals surface area contributed by atoms with Crippen molar-refractivity contribution in [1.82, 2.24) is 0 Å². The van der Waals surface area contributed by atoms with E-state index in [0.717, 1.165) is 45.5 Å². The highest BCUT2D eigenvalue weighted by molar-refractivity contribution is 6.98. The van der Waals surface area contributed by atoms with Gasteiger partial charge in [-0.15, -0.1) is 0 Å². The van der Waals surface area contributed by atoms with Crippen LogP contribution in [0.25, 0.3) is 22.3 Å². The Morgan fingerprint density at radius 3 is 1.76 bits per heavy atom. The molecular weight excluding hydrogens is 597 g/mol. The third-order valence-corrected chi connectivity index (χ3v) is 10.6. The molecule has 10 rings (SSSR count). The van der Waals surface area contributed by atoms with Crippen molar-refractivity contribution in [2.24, 2.45) is 0 Å². The number of rotatable bonds is 4. The Morgan fingerprint density at radius 1 is 0.449 bits per heavy atom. The molecule has 0 spiro atoms. The molecule has 2 heterocycles. The fraction of sp³-hybridized carbons (Fsp3) is 0.0667. The van der Waals surface area contributed by atoms with E-state index in [1.165, 1.54) is 44.3 Å². The van der Waals surface area contributed by atoms with E-state index in [1.807, 2.05) is 6.07 Å². The number of hydrogen-bond acceptors (Lipinski definition) is 3. The maximum absolute atomic E-state index is 6.75. The van der Waals surface area contributed by atoms with Gasteiger partial charge in [-0.05, 0) is 105 Å². The molecule has 4 heteroatoms. The van der Waals surface area contributed by atoms with Crippen LogP contribution < -0.4 is 30.8 Å². The summed E-state index contributed by atoms with van der Waals surface area (Å²) in [6.45, 7) is 4.71. The van der Waals surface area contributed by atoms with Gasteiger partial charge < -0.3 is 14.4 Å². The van der Waals surface area contributed by atoms with Crippen LogP contribution in [0.5, 0.6) is 23.0 Å². The Kier molecular flexibility index (Phi) is 6.01. The molecule has 49 heavy (non-hydrogen) atoms. The predicted molar refractivity (Wildman–Crippen MR) is 202 cm³/mol. The molecule has 3 nitrogen and oxygen atoms in total. The molecule has 0 fully saturated rings. The zero-order chi connectivity index (χ0) is 32.7. The fourth-order valence-corrected chi connectivity index (χ4v) is 8.20. The van der Waals surface area contributed by atoms with Crippen LogP contribution in [0.1, 0.15) is 25.0 Å². The van der Waals surface area contributed by atoms with Crippen molar-refractivity contribution in [2.75, 3.05) is 4.90 Å². The van der Waals surface area contributed by atoms with E-state index >= 15 is 0 Å². The molecule has 0 bridgehead atoms. The van der Waals surface area contributed by atoms with Crippen LogP contribution in [-0.2, 0) is 5.41 Å². The van der Waals surface area contributed by atoms with Crippen molar-refractivity contribution in [1.29, 1.82) is 0 Å². The molecule has 0 aromatic heterocycles. The Balaban J connectivity index is 1.13. The Labute approximate surface area is 287 Å². The average Bonchev–Trinajstić information content (AvgIpc) is 3.36. The molecule has 0 amide bonds. The normalized spacial score (nSPS) is 14.0. The zero-order valence-electron chi connectivity index (χ0n) is 27.4. The van der Waals surface area contributed by atoms with E-state index in [2.05, 4.69) is 170 Å². The topological polar surface area (TPSA) is 21.7 Å². The van der Waals surface area contributed by atoms with Gasteiger partial charge in [-0.2, -0.15) is 0 Å². The maximum Gasteiger partial charge on any atom is 0.260 e. The maximum atomic E-state index is 6.75. The summed E-state index contributed by atoms with van der Waals surface area (Å²) in [7, 11) is 0. The Bertz CT molecular complexity index is 2380. The van der Waals surface area contributed by atoms with Crippen LogP contribution >= 0.6 is 0 Å². The third kappa shape index (κ3) is 4.23. The SMILES string of the molecule is CC1(C)c2cc(N(c3ccccc3)c3ccccc3)ccc2-c2cc3c(cc21)B1c2cc(-c4ccccc4)ccc2Oc2cccc(c21)O3. The average molecular weight is 630 g/mol. The van der Waals surface area contributed by atoms with Crippen molar-refractivity contribution in [2.45, 2.75) is 19.3 Å². The number of fused-ring (bicyclic) bond motifs is 7. The van der Waals surface area contributed by atoms with E-state index in [1.54, 1.807) is 0 Å². The molecular formula is C45H32BNO2. The minimum Gasteiger partial charge on any atom is -0.458 e. The van der Waals surface area contributed by atoms with Gasteiger partial charge in [0.2, 0.25) is 0 Å². The summed E-state index contributed by atoms with van der Waals surface area (Å²) in [5.41, 5.74) is 14.1. The molecule has 1 aliphatic carbocycles. The second-order valence-electron chi connectivity index (χ2n) is 13.7. The van der Waals surface area contributed by atoms with Crippen LogP contribution in [0.3, 0.4) is 0 Å². The van der Waals surface area contributed by atoms with Crippen molar-refractivity contribution >= 4 is 40.2 Å². The van der Waals surface area contributed by atoms with Gasteiger partial charge in [0, 0.05) is 27.9 Å². The van der Waals surface area contributed by atoms with Crippen molar-refractivity contribution < 1.29 is 9.47 Å². The molecule has 2 aliphatic heterocycles. The Morgan fingerprint density at radius 2 is 1.06 bits per heavy atom. The lowest BCUT2D eigenvalue weighted by molar-refractivity contribution is 0.464. The number of para-hydroxylation sites is 2. The second kappa shape index (κ2) is 10.5. The largest absolute Gasteiger partial charge is 0.458 e. The minimum absolute atomic E-state index is 0.00520. The van der Waals surface area contributed by atoms with Gasteiger partial charge in [0.05, 0.1) is 0 Å². The lowest BCUT2D eigenvalue weighted by atomic mass is 9.34. The summed E-state index contributed by atoms with van der Waals surface area (Å²) in [5.74, 6) is 3.54. The first-order valence-electron chi connectivity index (χ1n) is 17.0. The lowest BCUT2D eigenvalue weighted by Gasteiger charge is -2.34. The molecule has 0 saturated heterocycles. The van der Waals surface area contributed by atoms with Crippen molar-refractivity contribution in [3.8, 4) is 45.3 Å². The summed E-state index contributed by atoms with van der Waals surface area (Å²) in [5, 5.41) is 0. The number of benzene rings is 7. The van der Waals surface area contributed by atoms with Gasteiger partial charge in [0.15, 0.2) is 0 Å². The fourth-order valence-electron chi connectivity index (χ4n) is 8.20. The molecule has 0 unspecified atom stereocenters. The van der Waals surface area contributed by atoms with Gasteiger partial charge >= 0.3 is 0 Å². The zero-order valence-corrected chi connectivity index (χ0v) is 27.4. The first-order valence-corrected chi connectivity index (χ1v) is 17.0. The van der Waals surface area contributed by atoms with Crippen LogP contribution in [0.4, 0.5) is 17.1 Å². The minimum atomic E-state index is -0.228. The molecule has 0 atom stereocenters. The lowest BCUT2D eigenvalue weighted by Crippen LogP contribution is -2.57. The highest BCUT2D eigenvalue weighted by Crippen LogP contribution is 2.52. The van der Waals surface area contributed by atoms with Crippen LogP contribution in [0.15, 0.2) is 158 Å². The summed E-state index contributed by atoms with van der Waals surface area (Å²) in [6, 6.07) is 56.2. The van der Waals surface area contributed by atoms with Gasteiger partial charge in [0.25, 0.3) is 6.71 Å². The number of ether oxygens (including phenoxy) is 2. The second-order valence-corrected chi connectivity index (χ2v) is 13.7. The standard InChI is InChI=1S/C45H32BNO2/c1-45(2)36-26-33(47(31-15-8-4-9-16-31)32-17-10-5-11-18-32)22-23-34(36)35-27-43-39(28-37(35)45)46-38-25-30(29-13-6-3-7-14-29)21-24-40(38)48-41-19-12-20-42(49-43)44(41)46/h3-28H,1-2H3. The van der Waals surface area contributed by atoms with E-state index in [0.29, 0.717) is 0 Å². The first kappa shape index (κ1) is 28.1. The number of anilines is 3. The molecule has 232 valence electrons. The summed E-state index contributed by atoms with van der Waals surface area (Å²) >= 11 is 0. The Hall–Kier alpha value is -6.00. The quantitative estimate of drug-likeness (QED) is 0.181.